The Kier molecular flexibility index (Phi) is 3.82. The smallest absolute Gasteiger partial charge is 0.243 e. The number of aromatic nitrogens is 3. The number of nitrogens with zero attached hydrogens (tertiary/aromatic N) is 3. The van der Waals surface area contributed by atoms with E-state index in [-0.39, 0.29) is 0 Å². The van der Waals surface area contributed by atoms with Crippen LogP contribution in [0.1, 0.15) is 5.69 Å². The Balaban J connectivity index is 1.73. The minimum Gasteiger partial charge on any atom is -0.496 e. The van der Waals surface area contributed by atoms with Crippen LogP contribution in [0.2, 0.25) is 0 Å². The highest BCUT2D eigenvalue weighted by Crippen LogP contribution is 2.36. The quantitative estimate of drug-likeness (QED) is 0.552. The third-order valence-electron chi connectivity index (χ3n) is 4.10. The second kappa shape index (κ2) is 6.28. The summed E-state index contributed by atoms with van der Waals surface area (Å²) in [5.41, 5.74) is 3.88. The first-order valence-electron chi connectivity index (χ1n) is 7.96. The molecule has 0 atom stereocenters. The maximum Gasteiger partial charge on any atom is 0.243 e. The van der Waals surface area contributed by atoms with Crippen molar-refractivity contribution < 1.29 is 9.47 Å². The first-order valence-corrected chi connectivity index (χ1v) is 7.96. The number of methoxy groups -OCH3 is 1. The number of pyridine rings is 1. The van der Waals surface area contributed by atoms with Gasteiger partial charge >= 0.3 is 0 Å². The van der Waals surface area contributed by atoms with E-state index in [1.165, 1.54) is 0 Å². The van der Waals surface area contributed by atoms with Gasteiger partial charge in [-0.15, -0.1) is 0 Å². The molecule has 3 heterocycles. The molecule has 4 aromatic rings. The molecule has 0 aliphatic rings. The van der Waals surface area contributed by atoms with Crippen LogP contribution in [0.15, 0.2) is 67.3 Å². The van der Waals surface area contributed by atoms with E-state index in [1.54, 1.807) is 19.5 Å². The molecule has 0 unspecified atom stereocenters. The topological polar surface area (TPSA) is 48.7 Å². The third kappa shape index (κ3) is 2.80. The predicted octanol–water partition coefficient (Wildman–Crippen LogP) is 4.51. The van der Waals surface area contributed by atoms with Crippen molar-refractivity contribution in [1.29, 1.82) is 0 Å². The van der Waals surface area contributed by atoms with Crippen LogP contribution in [0.25, 0.3) is 16.6 Å². The molecule has 0 N–H and O–H groups in total. The van der Waals surface area contributed by atoms with Crippen molar-refractivity contribution in [2.75, 3.05) is 7.11 Å². The normalized spacial score (nSPS) is 10.8. The third-order valence-corrected chi connectivity index (χ3v) is 4.10. The van der Waals surface area contributed by atoms with Crippen molar-refractivity contribution in [3.63, 3.8) is 0 Å². The SMILES string of the molecule is COc1cc(Oc2nccn3cccc23)ccc1-c1cccnc1C. The van der Waals surface area contributed by atoms with Gasteiger partial charge in [0, 0.05) is 47.7 Å². The molecule has 0 amide bonds. The zero-order chi connectivity index (χ0) is 17.2. The van der Waals surface area contributed by atoms with Gasteiger partial charge in [0.25, 0.3) is 0 Å². The number of rotatable bonds is 4. The molecule has 0 saturated carbocycles. The lowest BCUT2D eigenvalue weighted by molar-refractivity contribution is 0.409. The molecule has 5 heteroatoms. The van der Waals surface area contributed by atoms with Crippen LogP contribution in [0.5, 0.6) is 17.4 Å². The predicted molar refractivity (Wildman–Crippen MR) is 96.2 cm³/mol. The Labute approximate surface area is 145 Å². The summed E-state index contributed by atoms with van der Waals surface area (Å²) < 4.78 is 13.5. The Morgan fingerprint density at radius 2 is 1.84 bits per heavy atom. The largest absolute Gasteiger partial charge is 0.496 e. The minimum atomic E-state index is 0.555. The molecular formula is C20H17N3O2. The van der Waals surface area contributed by atoms with Gasteiger partial charge in [-0.25, -0.2) is 4.98 Å². The van der Waals surface area contributed by atoms with Crippen LogP contribution in [0.4, 0.5) is 0 Å². The lowest BCUT2D eigenvalue weighted by atomic mass is 10.0. The van der Waals surface area contributed by atoms with Gasteiger partial charge in [-0.3, -0.25) is 4.98 Å². The van der Waals surface area contributed by atoms with Crippen LogP contribution in [-0.2, 0) is 0 Å². The maximum atomic E-state index is 5.99. The summed E-state index contributed by atoms with van der Waals surface area (Å²) >= 11 is 0. The van der Waals surface area contributed by atoms with Crippen molar-refractivity contribution >= 4 is 5.52 Å². The Hall–Kier alpha value is -3.34. The Bertz CT molecular complexity index is 1040. The second-order valence-corrected chi connectivity index (χ2v) is 5.63. The van der Waals surface area contributed by atoms with E-state index in [0.29, 0.717) is 11.6 Å². The number of fused-ring (bicyclic) bond motifs is 1. The van der Waals surface area contributed by atoms with Gasteiger partial charge in [0.1, 0.15) is 17.0 Å². The molecule has 0 fully saturated rings. The molecule has 0 aliphatic carbocycles. The molecule has 5 nitrogen and oxygen atoms in total. The highest BCUT2D eigenvalue weighted by molar-refractivity contribution is 5.73. The monoisotopic (exact) mass is 331 g/mol. The molecule has 124 valence electrons. The molecule has 0 bridgehead atoms. The molecular weight excluding hydrogens is 314 g/mol. The number of hydrogen-bond acceptors (Lipinski definition) is 4. The summed E-state index contributed by atoms with van der Waals surface area (Å²) in [6, 6.07) is 13.6. The van der Waals surface area contributed by atoms with Crippen LogP contribution in [0, 0.1) is 6.92 Å². The fourth-order valence-corrected chi connectivity index (χ4v) is 2.86. The molecule has 0 spiro atoms. The lowest BCUT2D eigenvalue weighted by Crippen LogP contribution is -1.95. The van der Waals surface area contributed by atoms with E-state index in [4.69, 9.17) is 9.47 Å². The van der Waals surface area contributed by atoms with Gasteiger partial charge in [-0.2, -0.15) is 0 Å². The molecule has 0 aliphatic heterocycles. The summed E-state index contributed by atoms with van der Waals surface area (Å²) in [5.74, 6) is 1.96. The Morgan fingerprint density at radius 1 is 0.920 bits per heavy atom. The highest BCUT2D eigenvalue weighted by atomic mass is 16.5. The summed E-state index contributed by atoms with van der Waals surface area (Å²) in [6.45, 7) is 1.98. The first kappa shape index (κ1) is 15.2. The number of hydrogen-bond donors (Lipinski definition) is 0. The van der Waals surface area contributed by atoms with Crippen LogP contribution >= 0.6 is 0 Å². The molecule has 25 heavy (non-hydrogen) atoms. The van der Waals surface area contributed by atoms with Crippen molar-refractivity contribution in [2.45, 2.75) is 6.92 Å². The zero-order valence-electron chi connectivity index (χ0n) is 14.0. The molecule has 4 rings (SSSR count). The van der Waals surface area contributed by atoms with Gasteiger partial charge in [0.2, 0.25) is 5.88 Å². The van der Waals surface area contributed by atoms with E-state index < -0.39 is 0 Å². The standard InChI is InChI=1S/C20H17N3O2/c1-14-16(5-3-9-21-14)17-8-7-15(13-19(17)24-2)25-20-18-6-4-11-23(18)12-10-22-20/h3-13H,1-2H3. The average molecular weight is 331 g/mol. The zero-order valence-corrected chi connectivity index (χ0v) is 14.0. The van der Waals surface area contributed by atoms with Gasteiger partial charge in [-0.1, -0.05) is 6.07 Å². The van der Waals surface area contributed by atoms with Crippen LogP contribution in [0.3, 0.4) is 0 Å². The van der Waals surface area contributed by atoms with Gasteiger partial charge in [0.05, 0.1) is 7.11 Å². The molecule has 0 radical (unpaired) electrons. The van der Waals surface area contributed by atoms with Crippen molar-refractivity contribution in [3.8, 4) is 28.5 Å². The van der Waals surface area contributed by atoms with Crippen LogP contribution < -0.4 is 9.47 Å². The molecule has 3 aromatic heterocycles. The molecule has 1 aromatic carbocycles. The van der Waals surface area contributed by atoms with E-state index in [9.17, 15) is 0 Å². The minimum absolute atomic E-state index is 0.555. The van der Waals surface area contributed by atoms with Crippen molar-refractivity contribution in [1.82, 2.24) is 14.4 Å². The van der Waals surface area contributed by atoms with Crippen LogP contribution in [-0.4, -0.2) is 21.5 Å². The number of aryl methyl sites for hydroxylation is 1. The van der Waals surface area contributed by atoms with Gasteiger partial charge in [-0.05, 0) is 37.3 Å². The fraction of sp³-hybridized carbons (Fsp3) is 0.100. The van der Waals surface area contributed by atoms with Crippen molar-refractivity contribution in [2.24, 2.45) is 0 Å². The van der Waals surface area contributed by atoms with E-state index in [0.717, 1.165) is 28.1 Å². The fourth-order valence-electron chi connectivity index (χ4n) is 2.86. The van der Waals surface area contributed by atoms with Gasteiger partial charge in [0.15, 0.2) is 0 Å². The van der Waals surface area contributed by atoms with Gasteiger partial charge < -0.3 is 13.9 Å². The summed E-state index contributed by atoms with van der Waals surface area (Å²) in [4.78, 5) is 8.68. The first-order chi connectivity index (χ1) is 12.3. The summed E-state index contributed by atoms with van der Waals surface area (Å²) in [6.07, 6.45) is 7.34. The number of benzene rings is 1. The average Bonchev–Trinajstić information content (AvgIpc) is 3.12. The summed E-state index contributed by atoms with van der Waals surface area (Å²) in [7, 11) is 1.65. The lowest BCUT2D eigenvalue weighted by Gasteiger charge is -2.13. The van der Waals surface area contributed by atoms with E-state index >= 15 is 0 Å². The van der Waals surface area contributed by atoms with E-state index in [2.05, 4.69) is 9.97 Å². The second-order valence-electron chi connectivity index (χ2n) is 5.63. The summed E-state index contributed by atoms with van der Waals surface area (Å²) in [5, 5.41) is 0. The number of ether oxygens (including phenoxy) is 2. The van der Waals surface area contributed by atoms with E-state index in [1.807, 2.05) is 66.2 Å². The van der Waals surface area contributed by atoms with Crippen molar-refractivity contribution in [3.05, 3.63) is 72.9 Å². The molecule has 0 saturated heterocycles. The highest BCUT2D eigenvalue weighted by Gasteiger charge is 2.12. The maximum absolute atomic E-state index is 5.99. The Morgan fingerprint density at radius 3 is 2.68 bits per heavy atom.